The number of carbonyl (C=O) groups excluding carboxylic acids is 1. The van der Waals surface area contributed by atoms with Crippen LogP contribution >= 0.6 is 0 Å². The molecule has 4 nitrogen and oxygen atoms in total. The number of Topliss-reactive ketones (excluding diaryl/α,β-unsaturated/α-hetero) is 1. The molecule has 0 fully saturated rings. The van der Waals surface area contributed by atoms with Crippen molar-refractivity contribution in [2.24, 2.45) is 0 Å². The lowest BCUT2D eigenvalue weighted by Crippen LogP contribution is -2.02. The molecule has 0 amide bonds. The molecule has 0 N–H and O–H groups in total. The Morgan fingerprint density at radius 1 is 1.09 bits per heavy atom. The van der Waals surface area contributed by atoms with Gasteiger partial charge in [0.25, 0.3) is 0 Å². The molecule has 0 saturated heterocycles. The zero-order valence-corrected chi connectivity index (χ0v) is 13.1. The van der Waals surface area contributed by atoms with Gasteiger partial charge in [-0.15, -0.1) is 0 Å². The first-order valence-corrected chi connectivity index (χ1v) is 7.35. The number of aromatic nitrogens is 1. The molecular weight excluding hydrogens is 290 g/mol. The molecule has 1 aromatic heterocycles. The molecule has 3 rings (SSSR count). The van der Waals surface area contributed by atoms with Gasteiger partial charge in [0, 0.05) is 11.1 Å². The van der Waals surface area contributed by atoms with E-state index in [1.54, 1.807) is 13.3 Å². The second kappa shape index (κ2) is 6.48. The highest BCUT2D eigenvalue weighted by Gasteiger charge is 2.12. The van der Waals surface area contributed by atoms with Gasteiger partial charge in [-0.25, -0.2) is 4.98 Å². The molecule has 0 saturated carbocycles. The summed E-state index contributed by atoms with van der Waals surface area (Å²) in [6.45, 7) is 1.99. The van der Waals surface area contributed by atoms with Crippen LogP contribution in [-0.2, 0) is 6.42 Å². The van der Waals surface area contributed by atoms with Crippen molar-refractivity contribution in [3.05, 3.63) is 71.6 Å². The summed E-state index contributed by atoms with van der Waals surface area (Å²) in [6, 6.07) is 14.9. The molecule has 0 bridgehead atoms. The zero-order valence-electron chi connectivity index (χ0n) is 13.1. The maximum Gasteiger partial charge on any atom is 0.226 e. The van der Waals surface area contributed by atoms with E-state index in [1.165, 1.54) is 0 Å². The number of rotatable bonds is 5. The van der Waals surface area contributed by atoms with E-state index in [0.717, 1.165) is 16.9 Å². The molecule has 0 spiro atoms. The van der Waals surface area contributed by atoms with Crippen molar-refractivity contribution in [3.8, 4) is 17.2 Å². The molecule has 0 atom stereocenters. The number of benzene rings is 2. The predicted octanol–water partition coefficient (Wildman–Crippen LogP) is 4.08. The first-order chi connectivity index (χ1) is 11.2. The molecular formula is C19H17NO3. The average molecular weight is 307 g/mol. The van der Waals surface area contributed by atoms with E-state index in [-0.39, 0.29) is 12.2 Å². The molecule has 4 heteroatoms. The summed E-state index contributed by atoms with van der Waals surface area (Å²) in [5.74, 6) is 1.85. The Kier molecular flexibility index (Phi) is 4.24. The van der Waals surface area contributed by atoms with E-state index in [4.69, 9.17) is 9.15 Å². The van der Waals surface area contributed by atoms with E-state index in [2.05, 4.69) is 4.98 Å². The summed E-state index contributed by atoms with van der Waals surface area (Å²) in [4.78, 5) is 16.5. The minimum absolute atomic E-state index is 0.0161. The second-order valence-electron chi connectivity index (χ2n) is 5.33. The highest BCUT2D eigenvalue weighted by molar-refractivity contribution is 5.97. The second-order valence-corrected chi connectivity index (χ2v) is 5.33. The van der Waals surface area contributed by atoms with Crippen LogP contribution in [0.2, 0.25) is 0 Å². The van der Waals surface area contributed by atoms with Crippen LogP contribution in [0.3, 0.4) is 0 Å². The minimum atomic E-state index is 0.0161. The van der Waals surface area contributed by atoms with Crippen molar-refractivity contribution in [1.82, 2.24) is 4.98 Å². The Hall–Kier alpha value is -2.88. The first kappa shape index (κ1) is 15.0. The summed E-state index contributed by atoms with van der Waals surface area (Å²) in [7, 11) is 1.62. The third kappa shape index (κ3) is 3.48. The lowest BCUT2D eigenvalue weighted by molar-refractivity contribution is 0.0987. The van der Waals surface area contributed by atoms with Gasteiger partial charge in [-0.3, -0.25) is 4.79 Å². The van der Waals surface area contributed by atoms with Crippen LogP contribution < -0.4 is 4.74 Å². The highest BCUT2D eigenvalue weighted by Crippen LogP contribution is 2.22. The van der Waals surface area contributed by atoms with Crippen LogP contribution in [0.25, 0.3) is 11.5 Å². The molecule has 23 heavy (non-hydrogen) atoms. The fourth-order valence-electron chi connectivity index (χ4n) is 2.26. The number of hydrogen-bond acceptors (Lipinski definition) is 4. The molecule has 3 aromatic rings. The Morgan fingerprint density at radius 3 is 2.43 bits per heavy atom. The Morgan fingerprint density at radius 2 is 1.78 bits per heavy atom. The highest BCUT2D eigenvalue weighted by atomic mass is 16.5. The van der Waals surface area contributed by atoms with Crippen molar-refractivity contribution >= 4 is 5.78 Å². The van der Waals surface area contributed by atoms with Gasteiger partial charge in [0.1, 0.15) is 11.5 Å². The van der Waals surface area contributed by atoms with E-state index < -0.39 is 0 Å². The van der Waals surface area contributed by atoms with Crippen LogP contribution in [0.5, 0.6) is 5.75 Å². The molecule has 0 aliphatic rings. The quantitative estimate of drug-likeness (QED) is 0.666. The molecule has 1 heterocycles. The average Bonchev–Trinajstić information content (AvgIpc) is 3.04. The van der Waals surface area contributed by atoms with Gasteiger partial charge in [-0.1, -0.05) is 29.8 Å². The van der Waals surface area contributed by atoms with E-state index in [9.17, 15) is 4.79 Å². The van der Waals surface area contributed by atoms with E-state index in [0.29, 0.717) is 17.2 Å². The minimum Gasteiger partial charge on any atom is -0.497 e. The summed E-state index contributed by atoms with van der Waals surface area (Å²) >= 11 is 0. The van der Waals surface area contributed by atoms with Crippen LogP contribution in [0.4, 0.5) is 0 Å². The molecule has 0 unspecified atom stereocenters. The summed E-state index contributed by atoms with van der Waals surface area (Å²) in [6.07, 6.45) is 1.80. The standard InChI is InChI=1S/C19H17NO3/c1-13-3-5-14(6-4-13)18(21)11-17-12-20-19(23-17)15-7-9-16(22-2)10-8-15/h3-10,12H,11H2,1-2H3. The van der Waals surface area contributed by atoms with Crippen LogP contribution in [0.15, 0.2) is 59.1 Å². The van der Waals surface area contributed by atoms with Gasteiger partial charge in [0.15, 0.2) is 5.78 Å². The monoisotopic (exact) mass is 307 g/mol. The van der Waals surface area contributed by atoms with E-state index in [1.807, 2.05) is 55.5 Å². The number of aryl methyl sites for hydroxylation is 1. The fourth-order valence-corrected chi connectivity index (χ4v) is 2.26. The van der Waals surface area contributed by atoms with Crippen LogP contribution in [0.1, 0.15) is 21.7 Å². The number of methoxy groups -OCH3 is 1. The van der Waals surface area contributed by atoms with Crippen molar-refractivity contribution in [1.29, 1.82) is 0 Å². The van der Waals surface area contributed by atoms with Gasteiger partial charge in [-0.05, 0) is 31.2 Å². The SMILES string of the molecule is COc1ccc(-c2ncc(CC(=O)c3ccc(C)cc3)o2)cc1. The predicted molar refractivity (Wildman–Crippen MR) is 87.7 cm³/mol. The number of ether oxygens (including phenoxy) is 1. The maximum absolute atomic E-state index is 12.3. The van der Waals surface area contributed by atoms with Gasteiger partial charge in [0.2, 0.25) is 5.89 Å². The zero-order chi connectivity index (χ0) is 16.2. The van der Waals surface area contributed by atoms with E-state index >= 15 is 0 Å². The molecule has 0 radical (unpaired) electrons. The van der Waals surface area contributed by atoms with Gasteiger partial charge >= 0.3 is 0 Å². The van der Waals surface area contributed by atoms with Crippen LogP contribution in [-0.4, -0.2) is 17.9 Å². The normalized spacial score (nSPS) is 10.5. The Bertz CT molecular complexity index is 801. The summed E-state index contributed by atoms with van der Waals surface area (Å²) in [5, 5.41) is 0. The number of hydrogen-bond donors (Lipinski definition) is 0. The fraction of sp³-hybridized carbons (Fsp3) is 0.158. The topological polar surface area (TPSA) is 52.3 Å². The first-order valence-electron chi connectivity index (χ1n) is 7.35. The van der Waals surface area contributed by atoms with Gasteiger partial charge in [-0.2, -0.15) is 0 Å². The Labute approximate surface area is 134 Å². The number of carbonyl (C=O) groups is 1. The van der Waals surface area contributed by atoms with Crippen molar-refractivity contribution < 1.29 is 13.9 Å². The third-order valence-corrected chi connectivity index (χ3v) is 3.60. The summed E-state index contributed by atoms with van der Waals surface area (Å²) < 4.78 is 10.8. The number of oxazole rings is 1. The van der Waals surface area contributed by atoms with Crippen molar-refractivity contribution in [2.75, 3.05) is 7.11 Å². The lowest BCUT2D eigenvalue weighted by Gasteiger charge is -2.00. The molecule has 0 aliphatic carbocycles. The Balaban J connectivity index is 1.73. The molecule has 0 aliphatic heterocycles. The number of ketones is 1. The molecule has 2 aromatic carbocycles. The maximum atomic E-state index is 12.3. The van der Waals surface area contributed by atoms with Crippen molar-refractivity contribution in [3.63, 3.8) is 0 Å². The lowest BCUT2D eigenvalue weighted by atomic mass is 10.1. The summed E-state index contributed by atoms with van der Waals surface area (Å²) in [5.41, 5.74) is 2.65. The smallest absolute Gasteiger partial charge is 0.226 e. The largest absolute Gasteiger partial charge is 0.497 e. The van der Waals surface area contributed by atoms with Gasteiger partial charge < -0.3 is 9.15 Å². The van der Waals surface area contributed by atoms with Crippen LogP contribution in [0, 0.1) is 6.92 Å². The van der Waals surface area contributed by atoms with Gasteiger partial charge in [0.05, 0.1) is 19.7 Å². The molecule has 116 valence electrons. The third-order valence-electron chi connectivity index (χ3n) is 3.60. The van der Waals surface area contributed by atoms with Crippen molar-refractivity contribution in [2.45, 2.75) is 13.3 Å². The number of nitrogens with zero attached hydrogens (tertiary/aromatic N) is 1.